The fourth-order valence-electron chi connectivity index (χ4n) is 1.76. The van der Waals surface area contributed by atoms with E-state index in [4.69, 9.17) is 5.11 Å². The number of piperazine rings is 1. The number of carboxylic acid groups (broad SMARTS) is 1. The minimum absolute atomic E-state index is 0. The lowest BCUT2D eigenvalue weighted by Gasteiger charge is -2.34. The monoisotopic (exact) mass is 321 g/mol. The normalized spacial score (nSPS) is 19.6. The number of hydrogen-bond donors (Lipinski definition) is 2. The number of nitrogens with zero attached hydrogens (tertiary/aromatic N) is 2. The Morgan fingerprint density at radius 3 is 3.00 bits per heavy atom. The van der Waals surface area contributed by atoms with Crippen LogP contribution < -0.4 is 10.2 Å². The van der Waals surface area contributed by atoms with Crippen LogP contribution in [0.15, 0.2) is 22.8 Å². The van der Waals surface area contributed by atoms with E-state index in [9.17, 15) is 4.79 Å². The van der Waals surface area contributed by atoms with Gasteiger partial charge in [0.15, 0.2) is 0 Å². The van der Waals surface area contributed by atoms with Crippen LogP contribution in [0, 0.1) is 0 Å². The number of nitrogens with one attached hydrogen (secondary N) is 1. The third-order valence-corrected chi connectivity index (χ3v) is 2.96. The molecule has 2 rings (SSSR count). The highest BCUT2D eigenvalue weighted by Gasteiger charge is 2.29. The van der Waals surface area contributed by atoms with Gasteiger partial charge in [-0.05, 0) is 28.1 Å². The molecule has 0 amide bonds. The summed E-state index contributed by atoms with van der Waals surface area (Å²) in [6.45, 7) is 1.88. The predicted molar refractivity (Wildman–Crippen MR) is 70.8 cm³/mol. The van der Waals surface area contributed by atoms with Crippen molar-refractivity contribution in [1.82, 2.24) is 10.3 Å². The summed E-state index contributed by atoms with van der Waals surface area (Å²) in [5, 5.41) is 12.2. The van der Waals surface area contributed by atoms with E-state index in [0.717, 1.165) is 6.54 Å². The van der Waals surface area contributed by atoms with Crippen LogP contribution in [-0.2, 0) is 4.79 Å². The quantitative estimate of drug-likeness (QED) is 0.799. The molecule has 2 N–H and O–H groups in total. The van der Waals surface area contributed by atoms with Crippen molar-refractivity contribution in [1.29, 1.82) is 0 Å². The Labute approximate surface area is 114 Å². The van der Waals surface area contributed by atoms with Gasteiger partial charge in [-0.1, -0.05) is 6.07 Å². The van der Waals surface area contributed by atoms with Crippen molar-refractivity contribution in [3.8, 4) is 0 Å². The molecule has 17 heavy (non-hydrogen) atoms. The summed E-state index contributed by atoms with van der Waals surface area (Å²) in [7, 11) is 0. The average Bonchev–Trinajstić information content (AvgIpc) is 2.29. The standard InChI is InChI=1S/C10H12BrN3O2.ClH/c11-8-2-1-3-9(13-8)14-5-4-12-6-7(14)10(15)16;/h1-3,7,12H,4-6H2,(H,15,16);1H. The first-order valence-corrected chi connectivity index (χ1v) is 5.80. The molecule has 0 aromatic carbocycles. The molecular weight excluding hydrogens is 309 g/mol. The van der Waals surface area contributed by atoms with Gasteiger partial charge in [0.1, 0.15) is 16.5 Å². The molecule has 94 valence electrons. The van der Waals surface area contributed by atoms with Crippen molar-refractivity contribution in [3.63, 3.8) is 0 Å². The van der Waals surface area contributed by atoms with Gasteiger partial charge in [-0.3, -0.25) is 0 Å². The summed E-state index contributed by atoms with van der Waals surface area (Å²) < 4.78 is 0.715. The molecule has 1 unspecified atom stereocenters. The summed E-state index contributed by atoms with van der Waals surface area (Å²) in [6.07, 6.45) is 0. The van der Waals surface area contributed by atoms with Crippen LogP contribution in [-0.4, -0.2) is 41.7 Å². The number of carboxylic acids is 1. The molecule has 0 radical (unpaired) electrons. The van der Waals surface area contributed by atoms with E-state index in [1.807, 2.05) is 23.1 Å². The summed E-state index contributed by atoms with van der Waals surface area (Å²) in [5.41, 5.74) is 0. The Hall–Kier alpha value is -0.850. The van der Waals surface area contributed by atoms with Gasteiger partial charge < -0.3 is 15.3 Å². The van der Waals surface area contributed by atoms with Crippen LogP contribution in [0.3, 0.4) is 0 Å². The number of aliphatic carboxylic acids is 1. The first-order chi connectivity index (χ1) is 7.68. The number of carbonyl (C=O) groups is 1. The lowest BCUT2D eigenvalue weighted by Crippen LogP contribution is -2.55. The molecule has 0 aliphatic carbocycles. The summed E-state index contributed by atoms with van der Waals surface area (Å²) >= 11 is 3.28. The second-order valence-corrected chi connectivity index (χ2v) is 4.38. The van der Waals surface area contributed by atoms with Crippen LogP contribution in [0.2, 0.25) is 0 Å². The number of rotatable bonds is 2. The highest BCUT2D eigenvalue weighted by Crippen LogP contribution is 2.18. The number of halogens is 2. The zero-order valence-electron chi connectivity index (χ0n) is 8.97. The van der Waals surface area contributed by atoms with E-state index in [1.54, 1.807) is 0 Å². The second kappa shape index (κ2) is 6.18. The fraction of sp³-hybridized carbons (Fsp3) is 0.400. The minimum atomic E-state index is -0.825. The predicted octanol–water partition coefficient (Wildman–Crippen LogP) is 1.13. The van der Waals surface area contributed by atoms with E-state index in [0.29, 0.717) is 23.5 Å². The van der Waals surface area contributed by atoms with Gasteiger partial charge in [0.05, 0.1) is 0 Å². The molecule has 1 aromatic heterocycles. The van der Waals surface area contributed by atoms with Crippen molar-refractivity contribution in [2.75, 3.05) is 24.5 Å². The fourth-order valence-corrected chi connectivity index (χ4v) is 2.09. The maximum atomic E-state index is 11.1. The molecular formula is C10H13BrClN3O2. The number of aromatic nitrogens is 1. The van der Waals surface area contributed by atoms with Gasteiger partial charge >= 0.3 is 5.97 Å². The molecule has 1 aliphatic rings. The second-order valence-electron chi connectivity index (χ2n) is 3.57. The van der Waals surface area contributed by atoms with E-state index < -0.39 is 12.0 Å². The summed E-state index contributed by atoms with van der Waals surface area (Å²) in [4.78, 5) is 17.2. The Balaban J connectivity index is 0.00000144. The molecule has 0 spiro atoms. The number of hydrogen-bond acceptors (Lipinski definition) is 4. The SMILES string of the molecule is Cl.O=C(O)C1CNCCN1c1cccc(Br)n1. The lowest BCUT2D eigenvalue weighted by molar-refractivity contribution is -0.138. The van der Waals surface area contributed by atoms with Gasteiger partial charge in [0.25, 0.3) is 0 Å². The smallest absolute Gasteiger partial charge is 0.327 e. The molecule has 0 bridgehead atoms. The Kier molecular flexibility index (Phi) is 5.17. The Morgan fingerprint density at radius 2 is 2.35 bits per heavy atom. The van der Waals surface area contributed by atoms with Crippen LogP contribution in [0.25, 0.3) is 0 Å². The molecule has 1 aliphatic heterocycles. The van der Waals surface area contributed by atoms with Crippen molar-refractivity contribution in [2.24, 2.45) is 0 Å². The Bertz CT molecular complexity index is 405. The van der Waals surface area contributed by atoms with Crippen LogP contribution in [0.4, 0.5) is 5.82 Å². The van der Waals surface area contributed by atoms with E-state index in [1.165, 1.54) is 0 Å². The summed E-state index contributed by atoms with van der Waals surface area (Å²) in [6, 6.07) is 4.96. The highest BCUT2D eigenvalue weighted by atomic mass is 79.9. The molecule has 2 heterocycles. The number of pyridine rings is 1. The van der Waals surface area contributed by atoms with Crippen LogP contribution in [0.1, 0.15) is 0 Å². The van der Waals surface area contributed by atoms with Crippen LogP contribution in [0.5, 0.6) is 0 Å². The van der Waals surface area contributed by atoms with Crippen molar-refractivity contribution in [3.05, 3.63) is 22.8 Å². The topological polar surface area (TPSA) is 65.5 Å². The van der Waals surface area contributed by atoms with Gasteiger partial charge in [-0.2, -0.15) is 0 Å². The molecule has 1 saturated heterocycles. The lowest BCUT2D eigenvalue weighted by atomic mass is 10.2. The zero-order chi connectivity index (χ0) is 11.5. The van der Waals surface area contributed by atoms with E-state index >= 15 is 0 Å². The maximum absolute atomic E-state index is 11.1. The largest absolute Gasteiger partial charge is 0.480 e. The van der Waals surface area contributed by atoms with Crippen molar-refractivity contribution in [2.45, 2.75) is 6.04 Å². The van der Waals surface area contributed by atoms with E-state index in [2.05, 4.69) is 26.2 Å². The summed E-state index contributed by atoms with van der Waals surface area (Å²) in [5.74, 6) is -0.128. The highest BCUT2D eigenvalue weighted by molar-refractivity contribution is 9.10. The first-order valence-electron chi connectivity index (χ1n) is 5.01. The molecule has 0 saturated carbocycles. The first kappa shape index (κ1) is 14.2. The molecule has 5 nitrogen and oxygen atoms in total. The zero-order valence-corrected chi connectivity index (χ0v) is 11.4. The maximum Gasteiger partial charge on any atom is 0.327 e. The molecule has 1 aromatic rings. The van der Waals surface area contributed by atoms with Crippen molar-refractivity contribution >= 4 is 40.1 Å². The van der Waals surface area contributed by atoms with Crippen molar-refractivity contribution < 1.29 is 9.90 Å². The molecule has 1 atom stereocenters. The van der Waals surface area contributed by atoms with E-state index in [-0.39, 0.29) is 12.4 Å². The number of anilines is 1. The molecule has 1 fully saturated rings. The molecule has 7 heteroatoms. The van der Waals surface area contributed by atoms with Crippen LogP contribution >= 0.6 is 28.3 Å². The third kappa shape index (κ3) is 3.31. The van der Waals surface area contributed by atoms with Gasteiger partial charge in [-0.15, -0.1) is 12.4 Å². The van der Waals surface area contributed by atoms with Gasteiger partial charge in [-0.25, -0.2) is 9.78 Å². The average molecular weight is 323 g/mol. The van der Waals surface area contributed by atoms with Gasteiger partial charge in [0.2, 0.25) is 0 Å². The Morgan fingerprint density at radius 1 is 1.59 bits per heavy atom. The van der Waals surface area contributed by atoms with Gasteiger partial charge in [0, 0.05) is 19.6 Å². The minimum Gasteiger partial charge on any atom is -0.480 e. The third-order valence-electron chi connectivity index (χ3n) is 2.52.